The van der Waals surface area contributed by atoms with Crippen molar-refractivity contribution in [1.29, 1.82) is 0 Å². The van der Waals surface area contributed by atoms with Gasteiger partial charge in [0.05, 0.1) is 13.5 Å². The Balaban J connectivity index is 1.21. The molecule has 3 aliphatic heterocycles. The summed E-state index contributed by atoms with van der Waals surface area (Å²) in [5, 5.41) is 22.6. The maximum Gasteiger partial charge on any atom is 0.324 e. The van der Waals surface area contributed by atoms with Gasteiger partial charge in [-0.25, -0.2) is 4.79 Å². The average molecular weight is 511 g/mol. The molecule has 2 saturated heterocycles. The predicted octanol–water partition coefficient (Wildman–Crippen LogP) is 1.05. The molecule has 5 rings (SSSR count). The highest BCUT2D eigenvalue weighted by Crippen LogP contribution is 2.36. The molecule has 12 nitrogen and oxygen atoms in total. The molecule has 0 spiro atoms. The van der Waals surface area contributed by atoms with E-state index in [9.17, 15) is 29.6 Å². The maximum atomic E-state index is 13.1. The number of nitrogens with zero attached hydrogens (tertiary/aromatic N) is 4. The second kappa shape index (κ2) is 9.87. The first-order valence-electron chi connectivity index (χ1n) is 12.2. The van der Waals surface area contributed by atoms with Crippen molar-refractivity contribution in [2.75, 3.05) is 32.0 Å². The van der Waals surface area contributed by atoms with Crippen LogP contribution < -0.4 is 20.8 Å². The molecule has 37 heavy (non-hydrogen) atoms. The molecule has 0 saturated carbocycles. The molecule has 196 valence electrons. The Morgan fingerprint density at radius 2 is 1.89 bits per heavy atom. The van der Waals surface area contributed by atoms with Crippen molar-refractivity contribution >= 4 is 23.5 Å². The molecule has 3 atom stereocenters. The van der Waals surface area contributed by atoms with E-state index in [1.165, 1.54) is 10.6 Å². The standard InChI is InChI=1S/C25H28N5O7/c1-37-18-4-2-15(3-5-18)8-9-28-23(32)19(26-25(28)34)11-22(31)27-12-16-10-17(14-27)20-6-7-21(30(35)36)24(33)29(20)13-16/h2-7,16-17,19,35H,8-14H2,1H3,(H,26,34)/q-1/t16-,17+,19+/m1/s1. The van der Waals surface area contributed by atoms with Crippen LogP contribution in [0.3, 0.4) is 0 Å². The summed E-state index contributed by atoms with van der Waals surface area (Å²) in [7, 11) is 1.58. The minimum absolute atomic E-state index is 0.00295. The van der Waals surface area contributed by atoms with Gasteiger partial charge in [0.1, 0.15) is 17.5 Å². The molecule has 1 aromatic heterocycles. The van der Waals surface area contributed by atoms with E-state index < -0.39 is 28.8 Å². The van der Waals surface area contributed by atoms with Crippen LogP contribution in [-0.4, -0.2) is 70.2 Å². The highest BCUT2D eigenvalue weighted by molar-refractivity contribution is 6.05. The topological polar surface area (TPSA) is 147 Å². The number of hydrogen-bond acceptors (Lipinski definition) is 8. The zero-order valence-corrected chi connectivity index (χ0v) is 20.3. The van der Waals surface area contributed by atoms with Gasteiger partial charge in [-0.05, 0) is 48.6 Å². The first-order chi connectivity index (χ1) is 17.7. The molecule has 0 radical (unpaired) electrons. The third-order valence-electron chi connectivity index (χ3n) is 7.41. The molecule has 2 aromatic rings. The minimum Gasteiger partial charge on any atom is -0.733 e. The second-order valence-corrected chi connectivity index (χ2v) is 9.72. The number of fused-ring (bicyclic) bond motifs is 4. The zero-order chi connectivity index (χ0) is 26.3. The van der Waals surface area contributed by atoms with Crippen LogP contribution >= 0.6 is 0 Å². The Hall–Kier alpha value is -3.90. The highest BCUT2D eigenvalue weighted by atomic mass is 16.8. The molecule has 1 aromatic carbocycles. The zero-order valence-electron chi connectivity index (χ0n) is 20.3. The van der Waals surface area contributed by atoms with E-state index in [4.69, 9.17) is 4.74 Å². The fraction of sp³-hybridized carbons (Fsp3) is 0.440. The summed E-state index contributed by atoms with van der Waals surface area (Å²) in [6.45, 7) is 1.30. The molecular weight excluding hydrogens is 482 g/mol. The van der Waals surface area contributed by atoms with Crippen LogP contribution in [0.5, 0.6) is 5.75 Å². The molecule has 0 unspecified atom stereocenters. The average Bonchev–Trinajstić information content (AvgIpc) is 3.15. The Bertz CT molecular complexity index is 1280. The van der Waals surface area contributed by atoms with Crippen molar-refractivity contribution in [3.63, 3.8) is 0 Å². The number of nitrogens with one attached hydrogen (secondary N) is 1. The number of imide groups is 1. The lowest BCUT2D eigenvalue weighted by Crippen LogP contribution is -2.50. The Morgan fingerprint density at radius 1 is 1.14 bits per heavy atom. The van der Waals surface area contributed by atoms with Crippen molar-refractivity contribution in [3.05, 3.63) is 63.2 Å². The number of piperidine rings is 1. The fourth-order valence-electron chi connectivity index (χ4n) is 5.55. The normalized spacial score (nSPS) is 22.5. The van der Waals surface area contributed by atoms with Crippen LogP contribution in [-0.2, 0) is 22.6 Å². The Morgan fingerprint density at radius 3 is 2.59 bits per heavy atom. The van der Waals surface area contributed by atoms with E-state index in [-0.39, 0.29) is 36.4 Å². The summed E-state index contributed by atoms with van der Waals surface area (Å²) >= 11 is 0. The van der Waals surface area contributed by atoms with Gasteiger partial charge in [0.2, 0.25) is 5.91 Å². The van der Waals surface area contributed by atoms with E-state index in [0.29, 0.717) is 31.7 Å². The van der Waals surface area contributed by atoms with Crippen LogP contribution in [0.25, 0.3) is 0 Å². The first-order valence-corrected chi connectivity index (χ1v) is 12.2. The van der Waals surface area contributed by atoms with Crippen molar-refractivity contribution in [2.24, 2.45) is 5.92 Å². The van der Waals surface area contributed by atoms with Gasteiger partial charge in [0, 0.05) is 37.8 Å². The van der Waals surface area contributed by atoms with Crippen LogP contribution in [0.2, 0.25) is 0 Å². The van der Waals surface area contributed by atoms with Gasteiger partial charge in [-0.2, -0.15) is 0 Å². The SMILES string of the molecule is COc1ccc(CCN2C(=O)N[C@@H](CC(=O)N3C[C@H]4C[C@@H](C3)c3ccc(N([O-])O)c(=O)n3C4)C2=O)cc1. The lowest BCUT2D eigenvalue weighted by Gasteiger charge is -2.43. The smallest absolute Gasteiger partial charge is 0.324 e. The number of hydrogen-bond donors (Lipinski definition) is 2. The number of anilines is 1. The van der Waals surface area contributed by atoms with Gasteiger partial charge in [0.25, 0.3) is 11.5 Å². The number of pyridine rings is 1. The largest absolute Gasteiger partial charge is 0.733 e. The second-order valence-electron chi connectivity index (χ2n) is 9.72. The fourth-order valence-corrected chi connectivity index (χ4v) is 5.55. The molecule has 0 aliphatic carbocycles. The maximum absolute atomic E-state index is 13.1. The van der Waals surface area contributed by atoms with Gasteiger partial charge in [0.15, 0.2) is 0 Å². The third-order valence-corrected chi connectivity index (χ3v) is 7.41. The minimum atomic E-state index is -0.914. The number of likely N-dealkylation sites (tertiary alicyclic amines) is 1. The number of carbonyl (C=O) groups excluding carboxylic acids is 3. The van der Waals surface area contributed by atoms with E-state index in [0.717, 1.165) is 22.6 Å². The number of amides is 4. The van der Waals surface area contributed by atoms with Crippen molar-refractivity contribution in [3.8, 4) is 5.75 Å². The van der Waals surface area contributed by atoms with Gasteiger partial charge < -0.3 is 30.0 Å². The van der Waals surface area contributed by atoms with Crippen LogP contribution in [0.4, 0.5) is 10.5 Å². The van der Waals surface area contributed by atoms with Crippen LogP contribution in [0, 0.1) is 11.1 Å². The Kier molecular flexibility index (Phi) is 6.61. The summed E-state index contributed by atoms with van der Waals surface area (Å²) in [4.78, 5) is 53.9. The molecule has 4 amide bonds. The first kappa shape index (κ1) is 24.8. The molecule has 2 bridgehead atoms. The molecule has 4 heterocycles. The summed E-state index contributed by atoms with van der Waals surface area (Å²) in [5.41, 5.74) is 0.760. The lowest BCUT2D eigenvalue weighted by molar-refractivity contribution is -0.137. The van der Waals surface area contributed by atoms with E-state index in [2.05, 4.69) is 5.32 Å². The van der Waals surface area contributed by atoms with Crippen molar-refractivity contribution < 1.29 is 24.3 Å². The summed E-state index contributed by atoms with van der Waals surface area (Å²) < 4.78 is 6.64. The van der Waals surface area contributed by atoms with Gasteiger partial charge in [-0.1, -0.05) is 12.1 Å². The quantitative estimate of drug-likeness (QED) is 0.415. The van der Waals surface area contributed by atoms with Crippen molar-refractivity contribution in [1.82, 2.24) is 19.7 Å². The summed E-state index contributed by atoms with van der Waals surface area (Å²) in [6, 6.07) is 8.88. The van der Waals surface area contributed by atoms with Crippen LogP contribution in [0.15, 0.2) is 41.2 Å². The van der Waals surface area contributed by atoms with Gasteiger partial charge in [-0.15, -0.1) is 0 Å². The lowest BCUT2D eigenvalue weighted by atomic mass is 9.83. The number of urea groups is 1. The van der Waals surface area contributed by atoms with Crippen molar-refractivity contribution in [2.45, 2.75) is 37.8 Å². The molecular formula is C25H28N5O7-. The number of methoxy groups -OCH3 is 1. The molecule has 2 N–H and O–H groups in total. The summed E-state index contributed by atoms with van der Waals surface area (Å²) in [6.07, 6.45) is 1.14. The van der Waals surface area contributed by atoms with E-state index >= 15 is 0 Å². The van der Waals surface area contributed by atoms with Gasteiger partial charge >= 0.3 is 6.03 Å². The number of aromatic nitrogens is 1. The van der Waals surface area contributed by atoms with E-state index in [1.54, 1.807) is 18.1 Å². The molecule has 2 fully saturated rings. The monoisotopic (exact) mass is 510 g/mol. The number of carbonyl (C=O) groups is 3. The van der Waals surface area contributed by atoms with E-state index in [1.807, 2.05) is 24.3 Å². The number of rotatable bonds is 7. The summed E-state index contributed by atoms with van der Waals surface area (Å²) in [5.74, 6) is -0.0408. The molecule has 12 heteroatoms. The number of benzene rings is 1. The van der Waals surface area contributed by atoms with Gasteiger partial charge in [-0.3, -0.25) is 24.5 Å². The predicted molar refractivity (Wildman–Crippen MR) is 131 cm³/mol. The number of ether oxygens (including phenoxy) is 1. The Labute approximate surface area is 212 Å². The highest BCUT2D eigenvalue weighted by Gasteiger charge is 2.41. The third kappa shape index (κ3) is 4.77. The molecule has 3 aliphatic rings. The van der Waals surface area contributed by atoms with Crippen LogP contribution in [0.1, 0.15) is 30.0 Å².